The predicted octanol–water partition coefficient (Wildman–Crippen LogP) is 2.62. The van der Waals surface area contributed by atoms with Crippen LogP contribution < -0.4 is 14.2 Å². The smallest absolute Gasteiger partial charge is 0.357 e. The lowest BCUT2D eigenvalue weighted by Crippen LogP contribution is -2.01. The van der Waals surface area contributed by atoms with Crippen LogP contribution in [0.2, 0.25) is 0 Å². The molecular formula is C14H15NO5S. The molecule has 7 heteroatoms. The summed E-state index contributed by atoms with van der Waals surface area (Å²) in [6, 6.07) is 3.48. The maximum Gasteiger partial charge on any atom is 0.357 e. The van der Waals surface area contributed by atoms with E-state index in [0.29, 0.717) is 22.3 Å². The van der Waals surface area contributed by atoms with Crippen LogP contribution >= 0.6 is 11.3 Å². The maximum atomic E-state index is 11.5. The molecule has 0 amide bonds. The predicted molar refractivity (Wildman–Crippen MR) is 78.5 cm³/mol. The summed E-state index contributed by atoms with van der Waals surface area (Å²) >= 11 is 1.32. The van der Waals surface area contributed by atoms with Crippen molar-refractivity contribution in [3.63, 3.8) is 0 Å². The first-order chi connectivity index (χ1) is 10.1. The quantitative estimate of drug-likeness (QED) is 0.791. The van der Waals surface area contributed by atoms with E-state index in [1.807, 2.05) is 0 Å². The van der Waals surface area contributed by atoms with Gasteiger partial charge < -0.3 is 18.9 Å². The van der Waals surface area contributed by atoms with E-state index >= 15 is 0 Å². The van der Waals surface area contributed by atoms with Gasteiger partial charge in [0.25, 0.3) is 0 Å². The number of ether oxygens (including phenoxy) is 4. The van der Waals surface area contributed by atoms with Crippen LogP contribution in [0.25, 0.3) is 10.6 Å². The minimum Gasteiger partial charge on any atom is -0.496 e. The van der Waals surface area contributed by atoms with Crippen LogP contribution in [0.3, 0.4) is 0 Å². The summed E-state index contributed by atoms with van der Waals surface area (Å²) < 4.78 is 20.5. The zero-order chi connectivity index (χ0) is 15.4. The topological polar surface area (TPSA) is 66.9 Å². The van der Waals surface area contributed by atoms with Crippen LogP contribution in [0.5, 0.6) is 17.2 Å². The number of methoxy groups -OCH3 is 4. The molecule has 0 aliphatic heterocycles. The molecule has 0 spiro atoms. The van der Waals surface area contributed by atoms with Gasteiger partial charge in [0.05, 0.1) is 34.0 Å². The molecule has 1 heterocycles. The Morgan fingerprint density at radius 3 is 2.19 bits per heavy atom. The van der Waals surface area contributed by atoms with Gasteiger partial charge >= 0.3 is 5.97 Å². The van der Waals surface area contributed by atoms with Gasteiger partial charge in [-0.25, -0.2) is 9.78 Å². The third-order valence-electron chi connectivity index (χ3n) is 2.83. The van der Waals surface area contributed by atoms with Crippen molar-refractivity contribution >= 4 is 17.3 Å². The normalized spacial score (nSPS) is 10.1. The van der Waals surface area contributed by atoms with E-state index in [-0.39, 0.29) is 5.69 Å². The summed E-state index contributed by atoms with van der Waals surface area (Å²) in [4.78, 5) is 15.7. The molecule has 0 saturated carbocycles. The summed E-state index contributed by atoms with van der Waals surface area (Å²) in [5, 5.41) is 2.27. The second-order valence-corrected chi connectivity index (χ2v) is 4.80. The van der Waals surface area contributed by atoms with E-state index in [1.165, 1.54) is 18.4 Å². The first-order valence-corrected chi connectivity index (χ1v) is 6.86. The molecule has 0 bridgehead atoms. The van der Waals surface area contributed by atoms with Crippen LogP contribution in [0.4, 0.5) is 0 Å². The van der Waals surface area contributed by atoms with E-state index < -0.39 is 5.97 Å². The van der Waals surface area contributed by atoms with Crippen molar-refractivity contribution < 1.29 is 23.7 Å². The minimum atomic E-state index is -0.475. The summed E-state index contributed by atoms with van der Waals surface area (Å²) in [6.45, 7) is 0. The molecular weight excluding hydrogens is 294 g/mol. The summed E-state index contributed by atoms with van der Waals surface area (Å²) in [7, 11) is 5.98. The number of rotatable bonds is 5. The van der Waals surface area contributed by atoms with Gasteiger partial charge in [0.1, 0.15) is 10.8 Å². The molecule has 2 rings (SSSR count). The highest BCUT2D eigenvalue weighted by Crippen LogP contribution is 2.40. The van der Waals surface area contributed by atoms with Gasteiger partial charge in [-0.3, -0.25) is 0 Å². The molecule has 0 radical (unpaired) electrons. The first-order valence-electron chi connectivity index (χ1n) is 5.98. The van der Waals surface area contributed by atoms with Crippen LogP contribution in [0.15, 0.2) is 17.5 Å². The number of nitrogens with zero attached hydrogens (tertiary/aromatic N) is 1. The summed E-state index contributed by atoms with van der Waals surface area (Å²) in [5.74, 6) is 1.22. The average Bonchev–Trinajstić information content (AvgIpc) is 3.02. The Kier molecular flexibility index (Phi) is 4.64. The van der Waals surface area contributed by atoms with Crippen molar-refractivity contribution in [3.05, 3.63) is 23.2 Å². The molecule has 6 nitrogen and oxygen atoms in total. The van der Waals surface area contributed by atoms with E-state index in [4.69, 9.17) is 14.2 Å². The Labute approximate surface area is 126 Å². The second-order valence-electron chi connectivity index (χ2n) is 3.94. The lowest BCUT2D eigenvalue weighted by atomic mass is 10.2. The molecule has 0 aliphatic rings. The highest BCUT2D eigenvalue weighted by Gasteiger charge is 2.18. The fourth-order valence-corrected chi connectivity index (χ4v) is 2.60. The van der Waals surface area contributed by atoms with Gasteiger partial charge in [-0.1, -0.05) is 0 Å². The van der Waals surface area contributed by atoms with E-state index in [1.54, 1.807) is 38.8 Å². The molecule has 0 atom stereocenters. The van der Waals surface area contributed by atoms with E-state index in [0.717, 1.165) is 5.56 Å². The number of hydrogen-bond acceptors (Lipinski definition) is 7. The molecule has 0 unspecified atom stereocenters. The van der Waals surface area contributed by atoms with Crippen molar-refractivity contribution in [2.24, 2.45) is 0 Å². The van der Waals surface area contributed by atoms with Gasteiger partial charge in [-0.15, -0.1) is 11.3 Å². The zero-order valence-corrected chi connectivity index (χ0v) is 12.9. The van der Waals surface area contributed by atoms with Crippen molar-refractivity contribution in [1.29, 1.82) is 0 Å². The summed E-state index contributed by atoms with van der Waals surface area (Å²) in [5.41, 5.74) is 0.977. The van der Waals surface area contributed by atoms with Gasteiger partial charge in [-0.2, -0.15) is 0 Å². The SMILES string of the molecule is COC(=O)c1csc(-c2cc(OC)c(OC)cc2OC)n1. The fourth-order valence-electron chi connectivity index (χ4n) is 1.79. The van der Waals surface area contributed by atoms with Crippen molar-refractivity contribution in [2.75, 3.05) is 28.4 Å². The molecule has 0 saturated heterocycles. The zero-order valence-electron chi connectivity index (χ0n) is 12.1. The third-order valence-corrected chi connectivity index (χ3v) is 3.71. The summed E-state index contributed by atoms with van der Waals surface area (Å²) in [6.07, 6.45) is 0. The molecule has 21 heavy (non-hydrogen) atoms. The van der Waals surface area contributed by atoms with Crippen LogP contribution in [0.1, 0.15) is 10.5 Å². The Hall–Kier alpha value is -2.28. The Balaban J connectivity index is 2.51. The first kappa shape index (κ1) is 15.1. The van der Waals surface area contributed by atoms with E-state index in [2.05, 4.69) is 9.72 Å². The Bertz CT molecular complexity index is 653. The minimum absolute atomic E-state index is 0.259. The van der Waals surface area contributed by atoms with Crippen molar-refractivity contribution in [3.8, 4) is 27.8 Å². The van der Waals surface area contributed by atoms with Gasteiger partial charge in [-0.05, 0) is 6.07 Å². The highest BCUT2D eigenvalue weighted by molar-refractivity contribution is 7.13. The number of esters is 1. The third kappa shape index (κ3) is 2.92. The number of thiazole rings is 1. The number of carbonyl (C=O) groups is 1. The number of hydrogen-bond donors (Lipinski definition) is 0. The van der Waals surface area contributed by atoms with Crippen LogP contribution in [0, 0.1) is 0 Å². The standard InChI is InChI=1S/C14H15NO5S/c1-17-10-6-12(19-3)11(18-2)5-8(10)13-15-9(7-21-13)14(16)20-4/h5-7H,1-4H3. The monoisotopic (exact) mass is 309 g/mol. The molecule has 0 fully saturated rings. The largest absolute Gasteiger partial charge is 0.496 e. The average molecular weight is 309 g/mol. The lowest BCUT2D eigenvalue weighted by Gasteiger charge is -2.12. The fraction of sp³-hybridized carbons (Fsp3) is 0.286. The van der Waals surface area contributed by atoms with Crippen LogP contribution in [-0.2, 0) is 4.74 Å². The van der Waals surface area contributed by atoms with Gasteiger partial charge in [0.15, 0.2) is 17.2 Å². The number of aromatic nitrogens is 1. The Morgan fingerprint density at radius 2 is 1.62 bits per heavy atom. The van der Waals surface area contributed by atoms with Crippen molar-refractivity contribution in [1.82, 2.24) is 4.98 Å². The van der Waals surface area contributed by atoms with Gasteiger partial charge in [0.2, 0.25) is 0 Å². The molecule has 2 aromatic rings. The Morgan fingerprint density at radius 1 is 1.00 bits per heavy atom. The molecule has 0 N–H and O–H groups in total. The van der Waals surface area contributed by atoms with Crippen molar-refractivity contribution in [2.45, 2.75) is 0 Å². The molecule has 1 aromatic carbocycles. The molecule has 1 aromatic heterocycles. The second kappa shape index (κ2) is 6.45. The number of benzene rings is 1. The molecule has 112 valence electrons. The number of carbonyl (C=O) groups excluding carboxylic acids is 1. The van der Waals surface area contributed by atoms with E-state index in [9.17, 15) is 4.79 Å². The lowest BCUT2D eigenvalue weighted by molar-refractivity contribution is 0.0595. The van der Waals surface area contributed by atoms with Gasteiger partial charge in [0, 0.05) is 11.4 Å². The molecule has 0 aliphatic carbocycles. The van der Waals surface area contributed by atoms with Crippen LogP contribution in [-0.4, -0.2) is 39.4 Å². The maximum absolute atomic E-state index is 11.5. The highest BCUT2D eigenvalue weighted by atomic mass is 32.1.